The van der Waals surface area contributed by atoms with Crippen LogP contribution in [0.25, 0.3) is 16.9 Å². The molecule has 2 aromatic carbocycles. The topological polar surface area (TPSA) is 75.3 Å². The van der Waals surface area contributed by atoms with Crippen LogP contribution in [0.5, 0.6) is 5.75 Å². The van der Waals surface area contributed by atoms with Gasteiger partial charge in [0, 0.05) is 18.0 Å². The van der Waals surface area contributed by atoms with Crippen LogP contribution < -0.4 is 10.3 Å². The van der Waals surface area contributed by atoms with E-state index in [9.17, 15) is 9.59 Å². The summed E-state index contributed by atoms with van der Waals surface area (Å²) in [5.74, 6) is 0.170. The average Bonchev–Trinajstić information content (AvgIpc) is 3.10. The molecule has 0 saturated heterocycles. The minimum atomic E-state index is -0.554. The van der Waals surface area contributed by atoms with Gasteiger partial charge in [-0.15, -0.1) is 0 Å². The molecule has 0 saturated carbocycles. The van der Waals surface area contributed by atoms with E-state index >= 15 is 0 Å². The summed E-state index contributed by atoms with van der Waals surface area (Å²) in [4.78, 5) is 25.4. The largest absolute Gasteiger partial charge is 0.496 e. The lowest BCUT2D eigenvalue weighted by molar-refractivity contribution is 0.0600. The van der Waals surface area contributed by atoms with Crippen molar-refractivity contribution in [2.75, 3.05) is 14.2 Å². The highest BCUT2D eigenvalue weighted by Gasteiger charge is 2.25. The number of carbonyl (C=O) groups is 1. The molecular formula is C22H19N3O4. The van der Waals surface area contributed by atoms with Crippen LogP contribution in [-0.2, 0) is 11.3 Å². The van der Waals surface area contributed by atoms with Gasteiger partial charge in [0.1, 0.15) is 17.0 Å². The van der Waals surface area contributed by atoms with E-state index in [1.165, 1.54) is 11.8 Å². The van der Waals surface area contributed by atoms with Crippen LogP contribution in [0, 0.1) is 0 Å². The van der Waals surface area contributed by atoms with Gasteiger partial charge < -0.3 is 14.0 Å². The van der Waals surface area contributed by atoms with Gasteiger partial charge in [-0.3, -0.25) is 4.79 Å². The van der Waals surface area contributed by atoms with Gasteiger partial charge in [0.05, 0.1) is 32.0 Å². The second kappa shape index (κ2) is 7.63. The van der Waals surface area contributed by atoms with Crippen molar-refractivity contribution >= 4 is 5.97 Å². The summed E-state index contributed by atoms with van der Waals surface area (Å²) < 4.78 is 13.4. The van der Waals surface area contributed by atoms with Gasteiger partial charge in [-0.25, -0.2) is 4.79 Å². The summed E-state index contributed by atoms with van der Waals surface area (Å²) in [6.07, 6.45) is 3.34. The summed E-state index contributed by atoms with van der Waals surface area (Å²) in [6, 6.07) is 16.7. The number of fused-ring (bicyclic) bond motifs is 1. The first-order valence-electron chi connectivity index (χ1n) is 9.01. The number of esters is 1. The van der Waals surface area contributed by atoms with E-state index < -0.39 is 5.97 Å². The molecule has 2 aliphatic heterocycles. The van der Waals surface area contributed by atoms with E-state index in [1.54, 1.807) is 36.2 Å². The lowest BCUT2D eigenvalue weighted by Crippen LogP contribution is -2.16. The Kier molecular flexibility index (Phi) is 4.87. The van der Waals surface area contributed by atoms with Crippen LogP contribution in [-0.4, -0.2) is 34.5 Å². The number of benzene rings is 2. The molecule has 0 unspecified atom stereocenters. The van der Waals surface area contributed by atoms with Gasteiger partial charge in [-0.05, 0) is 18.2 Å². The van der Waals surface area contributed by atoms with Gasteiger partial charge in [-0.1, -0.05) is 36.4 Å². The van der Waals surface area contributed by atoms with Crippen LogP contribution in [0.1, 0.15) is 15.9 Å². The zero-order valence-corrected chi connectivity index (χ0v) is 16.0. The Morgan fingerprint density at radius 1 is 1.00 bits per heavy atom. The molecule has 4 rings (SSSR count). The number of aromatic nitrogens is 3. The molecule has 2 aromatic rings. The van der Waals surface area contributed by atoms with E-state index in [0.717, 1.165) is 11.3 Å². The van der Waals surface area contributed by atoms with Crippen molar-refractivity contribution in [3.63, 3.8) is 0 Å². The third-order valence-corrected chi connectivity index (χ3v) is 4.67. The predicted octanol–water partition coefficient (Wildman–Crippen LogP) is 2.98. The summed E-state index contributed by atoms with van der Waals surface area (Å²) in [6.45, 7) is 0.417. The fourth-order valence-corrected chi connectivity index (χ4v) is 3.29. The predicted molar refractivity (Wildman–Crippen MR) is 108 cm³/mol. The van der Waals surface area contributed by atoms with Crippen LogP contribution in [0.4, 0.5) is 0 Å². The van der Waals surface area contributed by atoms with E-state index in [2.05, 4.69) is 5.10 Å². The minimum Gasteiger partial charge on any atom is -0.496 e. The van der Waals surface area contributed by atoms with Crippen molar-refractivity contribution < 1.29 is 14.3 Å². The number of ether oxygens (including phenoxy) is 2. The molecule has 2 heterocycles. The monoisotopic (exact) mass is 389 g/mol. The zero-order valence-electron chi connectivity index (χ0n) is 16.0. The summed E-state index contributed by atoms with van der Waals surface area (Å²) >= 11 is 0. The Hall–Kier alpha value is -3.87. The molecule has 29 heavy (non-hydrogen) atoms. The number of nitrogens with zero attached hydrogens (tertiary/aromatic N) is 3. The molecule has 2 aliphatic rings. The SMILES string of the molecule is COC(=O)c1cn(Cc2ccccc2OC)cc2c(=O)n(-c3ccccc3)nc1-2. The van der Waals surface area contributed by atoms with Crippen LogP contribution in [0.3, 0.4) is 0 Å². The molecule has 0 bridgehead atoms. The zero-order chi connectivity index (χ0) is 20.4. The number of pyridine rings is 1. The highest BCUT2D eigenvalue weighted by atomic mass is 16.5. The summed E-state index contributed by atoms with van der Waals surface area (Å²) in [7, 11) is 2.91. The highest BCUT2D eigenvalue weighted by Crippen LogP contribution is 2.25. The Morgan fingerprint density at radius 2 is 1.72 bits per heavy atom. The minimum absolute atomic E-state index is 0.228. The number of methoxy groups -OCH3 is 2. The molecule has 0 fully saturated rings. The molecule has 7 heteroatoms. The van der Waals surface area contributed by atoms with Gasteiger partial charge in [0.25, 0.3) is 5.56 Å². The number of para-hydroxylation sites is 2. The van der Waals surface area contributed by atoms with E-state index in [-0.39, 0.29) is 11.1 Å². The maximum atomic E-state index is 13.0. The van der Waals surface area contributed by atoms with Gasteiger partial charge in [0.2, 0.25) is 0 Å². The van der Waals surface area contributed by atoms with Gasteiger partial charge >= 0.3 is 5.97 Å². The average molecular weight is 389 g/mol. The first-order valence-corrected chi connectivity index (χ1v) is 9.01. The fourth-order valence-electron chi connectivity index (χ4n) is 3.29. The van der Waals surface area contributed by atoms with E-state index in [1.807, 2.05) is 42.5 Å². The second-order valence-corrected chi connectivity index (χ2v) is 6.46. The lowest BCUT2D eigenvalue weighted by atomic mass is 10.1. The molecule has 0 amide bonds. The number of hydrogen-bond acceptors (Lipinski definition) is 5. The van der Waals surface area contributed by atoms with Crippen molar-refractivity contribution in [1.29, 1.82) is 0 Å². The van der Waals surface area contributed by atoms with E-state index in [0.29, 0.717) is 23.5 Å². The molecule has 0 N–H and O–H groups in total. The molecule has 0 aliphatic carbocycles. The summed E-state index contributed by atoms with van der Waals surface area (Å²) in [5.41, 5.74) is 2.12. The Bertz CT molecular complexity index is 1190. The third-order valence-electron chi connectivity index (χ3n) is 4.67. The van der Waals surface area contributed by atoms with Crippen molar-refractivity contribution in [2.45, 2.75) is 6.54 Å². The van der Waals surface area contributed by atoms with Crippen molar-refractivity contribution in [3.8, 4) is 22.7 Å². The molecule has 0 atom stereocenters. The Balaban J connectivity index is 1.89. The van der Waals surface area contributed by atoms with Crippen molar-refractivity contribution in [1.82, 2.24) is 14.3 Å². The Labute approximate surface area is 167 Å². The molecule has 0 aromatic heterocycles. The number of hydrogen-bond donors (Lipinski definition) is 0. The third kappa shape index (κ3) is 3.38. The number of rotatable bonds is 5. The molecule has 146 valence electrons. The van der Waals surface area contributed by atoms with Gasteiger partial charge in [-0.2, -0.15) is 9.78 Å². The molecule has 7 nitrogen and oxygen atoms in total. The molecule has 0 spiro atoms. The van der Waals surface area contributed by atoms with Crippen molar-refractivity contribution in [2.24, 2.45) is 0 Å². The van der Waals surface area contributed by atoms with Crippen LogP contribution in [0.15, 0.2) is 71.8 Å². The number of carbonyl (C=O) groups excluding carboxylic acids is 1. The smallest absolute Gasteiger partial charge is 0.341 e. The van der Waals surface area contributed by atoms with Crippen molar-refractivity contribution in [3.05, 3.63) is 88.5 Å². The standard InChI is InChI=1S/C22H19N3O4/c1-28-19-11-7-6-8-15(19)12-24-13-17-20(18(14-24)22(27)29-2)23-25(21(17)26)16-9-4-3-5-10-16/h3-11,13-14H,12H2,1-2H3. The molecule has 0 radical (unpaired) electrons. The summed E-state index contributed by atoms with van der Waals surface area (Å²) in [5, 5.41) is 4.40. The van der Waals surface area contributed by atoms with Crippen LogP contribution >= 0.6 is 0 Å². The fraction of sp³-hybridized carbons (Fsp3) is 0.136. The lowest BCUT2D eigenvalue weighted by Gasteiger charge is -2.13. The quantitative estimate of drug-likeness (QED) is 0.491. The highest BCUT2D eigenvalue weighted by molar-refractivity contribution is 5.96. The van der Waals surface area contributed by atoms with Crippen LogP contribution in [0.2, 0.25) is 0 Å². The first-order chi connectivity index (χ1) is 14.1. The normalized spacial score (nSPS) is 10.8. The van der Waals surface area contributed by atoms with E-state index in [4.69, 9.17) is 9.47 Å². The Morgan fingerprint density at radius 3 is 2.45 bits per heavy atom. The second-order valence-electron chi connectivity index (χ2n) is 6.46. The maximum Gasteiger partial charge on any atom is 0.341 e. The van der Waals surface area contributed by atoms with Gasteiger partial charge in [0.15, 0.2) is 0 Å². The first kappa shape index (κ1) is 18.5. The molecular weight excluding hydrogens is 370 g/mol. The maximum absolute atomic E-state index is 13.0.